The molecular formula is C22H27N3O4. The zero-order valence-corrected chi connectivity index (χ0v) is 17.7. The molecule has 1 N–H and O–H groups in total. The maximum Gasteiger partial charge on any atom is 0.277 e. The van der Waals surface area contributed by atoms with Crippen molar-refractivity contribution < 1.29 is 19.1 Å². The van der Waals surface area contributed by atoms with Crippen LogP contribution >= 0.6 is 0 Å². The molecule has 0 spiro atoms. The number of imide groups is 1. The molecular weight excluding hydrogens is 370 g/mol. The van der Waals surface area contributed by atoms with E-state index >= 15 is 0 Å². The van der Waals surface area contributed by atoms with Crippen LogP contribution in [0.15, 0.2) is 30.0 Å². The molecule has 154 valence electrons. The van der Waals surface area contributed by atoms with E-state index in [2.05, 4.69) is 30.7 Å². The number of piperazine rings is 1. The lowest BCUT2D eigenvalue weighted by Crippen LogP contribution is -2.57. The molecule has 1 atom stereocenters. The van der Waals surface area contributed by atoms with Gasteiger partial charge in [0.05, 0.1) is 5.52 Å². The Bertz CT molecular complexity index is 1030. The first kappa shape index (κ1) is 20.8. The predicted octanol–water partition coefficient (Wildman–Crippen LogP) is 2.78. The van der Waals surface area contributed by atoms with E-state index in [-0.39, 0.29) is 17.0 Å². The van der Waals surface area contributed by atoms with Crippen LogP contribution in [0.3, 0.4) is 0 Å². The average molecular weight is 397 g/mol. The summed E-state index contributed by atoms with van der Waals surface area (Å²) >= 11 is 0. The quantitative estimate of drug-likeness (QED) is 0.808. The Balaban J connectivity index is 2.28. The highest BCUT2D eigenvalue weighted by Gasteiger charge is 2.38. The van der Waals surface area contributed by atoms with Crippen LogP contribution in [0, 0.1) is 0 Å². The summed E-state index contributed by atoms with van der Waals surface area (Å²) in [6, 6.07) is 7.01. The van der Waals surface area contributed by atoms with Gasteiger partial charge in [-0.25, -0.2) is 0 Å². The van der Waals surface area contributed by atoms with Crippen LogP contribution in [-0.2, 0) is 31.3 Å². The van der Waals surface area contributed by atoms with E-state index in [1.54, 1.807) is 13.2 Å². The highest BCUT2D eigenvalue weighted by Crippen LogP contribution is 2.36. The van der Waals surface area contributed by atoms with Gasteiger partial charge in [0.15, 0.2) is 0 Å². The molecule has 1 saturated heterocycles. The van der Waals surface area contributed by atoms with Crippen molar-refractivity contribution in [2.75, 3.05) is 7.11 Å². The van der Waals surface area contributed by atoms with Crippen molar-refractivity contribution in [3.63, 3.8) is 0 Å². The standard InChI is InChI=1S/C22H27N3O4/c1-13-20(27)23-17(21(28)25(13)14(2)26)11-16-15-9-7-8-10-18(15)24(12-29-6)19(16)22(3,4)5/h7-11,13H,12H2,1-6H3,(H,23,27)/b17-11-/t13-/m0/s1. The SMILES string of the molecule is COCn1c(C(C)(C)C)c(/C=C2\NC(=O)[C@H](C)N(C(C)=O)C2=O)c2ccccc21. The number of rotatable bonds is 3. The smallest absolute Gasteiger partial charge is 0.277 e. The summed E-state index contributed by atoms with van der Waals surface area (Å²) in [6.45, 7) is 9.43. The number of ether oxygens (including phenoxy) is 1. The van der Waals surface area contributed by atoms with Crippen molar-refractivity contribution in [3.8, 4) is 0 Å². The second-order valence-corrected chi connectivity index (χ2v) is 8.29. The van der Waals surface area contributed by atoms with Gasteiger partial charge in [0.25, 0.3) is 5.91 Å². The number of fused-ring (bicyclic) bond motifs is 1. The molecule has 0 saturated carbocycles. The minimum absolute atomic E-state index is 0.0918. The number of carbonyl (C=O) groups is 3. The Morgan fingerprint density at radius 1 is 1.24 bits per heavy atom. The second kappa shape index (κ2) is 7.48. The van der Waals surface area contributed by atoms with Gasteiger partial charge in [0.1, 0.15) is 18.5 Å². The van der Waals surface area contributed by atoms with Gasteiger partial charge >= 0.3 is 0 Å². The third-order valence-corrected chi connectivity index (χ3v) is 5.08. The Kier molecular flexibility index (Phi) is 5.36. The van der Waals surface area contributed by atoms with Crippen LogP contribution < -0.4 is 5.32 Å². The number of carbonyl (C=O) groups excluding carboxylic acids is 3. The van der Waals surface area contributed by atoms with Gasteiger partial charge in [0, 0.05) is 36.1 Å². The normalized spacial score (nSPS) is 19.2. The van der Waals surface area contributed by atoms with E-state index in [0.717, 1.165) is 27.1 Å². The van der Waals surface area contributed by atoms with Gasteiger partial charge in [-0.3, -0.25) is 19.3 Å². The highest BCUT2D eigenvalue weighted by molar-refractivity contribution is 6.14. The number of hydrogen-bond donors (Lipinski definition) is 1. The fraction of sp³-hybridized carbons (Fsp3) is 0.409. The molecule has 1 fully saturated rings. The topological polar surface area (TPSA) is 80.6 Å². The number of amides is 3. The predicted molar refractivity (Wildman–Crippen MR) is 111 cm³/mol. The van der Waals surface area contributed by atoms with Crippen molar-refractivity contribution >= 4 is 34.7 Å². The van der Waals surface area contributed by atoms with Crippen molar-refractivity contribution in [2.24, 2.45) is 0 Å². The molecule has 1 aromatic carbocycles. The molecule has 2 heterocycles. The third kappa shape index (κ3) is 3.58. The molecule has 0 unspecified atom stereocenters. The van der Waals surface area contributed by atoms with Crippen LogP contribution in [-0.4, -0.2) is 40.3 Å². The summed E-state index contributed by atoms with van der Waals surface area (Å²) in [5.41, 5.74) is 2.60. The monoisotopic (exact) mass is 397 g/mol. The molecule has 1 aliphatic rings. The maximum atomic E-state index is 12.9. The number of nitrogens with one attached hydrogen (secondary N) is 1. The van der Waals surface area contributed by atoms with Crippen LogP contribution in [0.25, 0.3) is 17.0 Å². The molecule has 1 aromatic heterocycles. The molecule has 0 aliphatic carbocycles. The fourth-order valence-corrected chi connectivity index (χ4v) is 3.92. The molecule has 3 amide bonds. The molecule has 0 bridgehead atoms. The minimum atomic E-state index is -0.839. The van der Waals surface area contributed by atoms with Crippen molar-refractivity contribution in [1.82, 2.24) is 14.8 Å². The Hall–Kier alpha value is -2.93. The van der Waals surface area contributed by atoms with E-state index < -0.39 is 17.9 Å². The van der Waals surface area contributed by atoms with E-state index in [1.165, 1.54) is 13.8 Å². The Morgan fingerprint density at radius 3 is 2.48 bits per heavy atom. The van der Waals surface area contributed by atoms with Crippen molar-refractivity contribution in [1.29, 1.82) is 0 Å². The molecule has 1 aliphatic heterocycles. The lowest BCUT2D eigenvalue weighted by Gasteiger charge is -2.31. The molecule has 7 heteroatoms. The lowest BCUT2D eigenvalue weighted by molar-refractivity contribution is -0.151. The molecule has 3 rings (SSSR count). The largest absolute Gasteiger partial charge is 0.364 e. The zero-order valence-electron chi connectivity index (χ0n) is 17.7. The first-order valence-electron chi connectivity index (χ1n) is 9.55. The van der Waals surface area contributed by atoms with E-state index in [0.29, 0.717) is 6.73 Å². The summed E-state index contributed by atoms with van der Waals surface area (Å²) < 4.78 is 7.50. The number of hydrogen-bond acceptors (Lipinski definition) is 4. The van der Waals surface area contributed by atoms with Gasteiger partial charge in [0.2, 0.25) is 11.8 Å². The summed E-state index contributed by atoms with van der Waals surface area (Å²) in [5.74, 6) is -1.35. The molecule has 0 radical (unpaired) electrons. The Morgan fingerprint density at radius 2 is 1.90 bits per heavy atom. The number of methoxy groups -OCH3 is 1. The van der Waals surface area contributed by atoms with Crippen molar-refractivity contribution in [2.45, 2.75) is 52.8 Å². The first-order valence-corrected chi connectivity index (χ1v) is 9.55. The molecule has 29 heavy (non-hydrogen) atoms. The fourth-order valence-electron chi connectivity index (χ4n) is 3.92. The summed E-state index contributed by atoms with van der Waals surface area (Å²) in [6.07, 6.45) is 1.68. The lowest BCUT2D eigenvalue weighted by atomic mass is 9.88. The van der Waals surface area contributed by atoms with Crippen LogP contribution in [0.2, 0.25) is 0 Å². The van der Waals surface area contributed by atoms with Gasteiger partial charge in [-0.05, 0) is 19.1 Å². The summed E-state index contributed by atoms with van der Waals surface area (Å²) in [7, 11) is 1.64. The maximum absolute atomic E-state index is 12.9. The molecule has 2 aromatic rings. The van der Waals surface area contributed by atoms with Crippen LogP contribution in [0.4, 0.5) is 0 Å². The highest BCUT2D eigenvalue weighted by atomic mass is 16.5. The van der Waals surface area contributed by atoms with E-state index in [4.69, 9.17) is 4.74 Å². The number of nitrogens with zero attached hydrogens (tertiary/aromatic N) is 2. The minimum Gasteiger partial charge on any atom is -0.364 e. The van der Waals surface area contributed by atoms with Crippen molar-refractivity contribution in [3.05, 3.63) is 41.2 Å². The van der Waals surface area contributed by atoms with Gasteiger partial charge in [-0.2, -0.15) is 0 Å². The summed E-state index contributed by atoms with van der Waals surface area (Å²) in [5, 5.41) is 3.61. The van der Waals surface area contributed by atoms with E-state index in [9.17, 15) is 14.4 Å². The average Bonchev–Trinajstić information content (AvgIpc) is 2.94. The van der Waals surface area contributed by atoms with Crippen LogP contribution in [0.5, 0.6) is 0 Å². The number of para-hydroxylation sites is 1. The van der Waals surface area contributed by atoms with Gasteiger partial charge < -0.3 is 14.6 Å². The number of aromatic nitrogens is 1. The third-order valence-electron chi connectivity index (χ3n) is 5.08. The Labute approximate surface area is 170 Å². The summed E-state index contributed by atoms with van der Waals surface area (Å²) in [4.78, 5) is 38.3. The second-order valence-electron chi connectivity index (χ2n) is 8.29. The zero-order chi connectivity index (χ0) is 21.5. The van der Waals surface area contributed by atoms with E-state index in [1.807, 2.05) is 24.3 Å². The first-order chi connectivity index (χ1) is 13.6. The number of benzene rings is 1. The molecule has 7 nitrogen and oxygen atoms in total. The van der Waals surface area contributed by atoms with Crippen LogP contribution in [0.1, 0.15) is 45.9 Å². The van der Waals surface area contributed by atoms with Gasteiger partial charge in [-0.1, -0.05) is 39.0 Å². The van der Waals surface area contributed by atoms with Gasteiger partial charge in [-0.15, -0.1) is 0 Å².